The van der Waals surface area contributed by atoms with Crippen LogP contribution in [0.5, 0.6) is 0 Å². The molecular weight excluding hydrogens is 338 g/mol. The van der Waals surface area contributed by atoms with Gasteiger partial charge in [-0.2, -0.15) is 0 Å². The molecule has 1 aromatic carbocycles. The summed E-state index contributed by atoms with van der Waals surface area (Å²) in [4.78, 5) is 28.3. The maximum atomic E-state index is 12.8. The van der Waals surface area contributed by atoms with Gasteiger partial charge in [-0.15, -0.1) is 0 Å². The van der Waals surface area contributed by atoms with Gasteiger partial charge in [0.1, 0.15) is 5.69 Å². The Morgan fingerprint density at radius 3 is 2.33 bits per heavy atom. The topological polar surface area (TPSA) is 59.2 Å². The van der Waals surface area contributed by atoms with E-state index in [1.54, 1.807) is 0 Å². The summed E-state index contributed by atoms with van der Waals surface area (Å²) < 4.78 is 5.31. The number of H-pyrrole nitrogens is 1. The summed E-state index contributed by atoms with van der Waals surface area (Å²) in [5.41, 5.74) is 5.20. The average Bonchev–Trinajstić information content (AvgIpc) is 2.91. The average molecular weight is 367 g/mol. The van der Waals surface area contributed by atoms with E-state index >= 15 is 0 Å². The van der Waals surface area contributed by atoms with Crippen molar-refractivity contribution in [3.05, 3.63) is 57.9 Å². The lowest BCUT2D eigenvalue weighted by Crippen LogP contribution is -2.19. The molecule has 0 aliphatic heterocycles. The molecule has 4 nitrogen and oxygen atoms in total. The lowest BCUT2D eigenvalue weighted by atomic mass is 9.80. The molecule has 1 aromatic heterocycles. The van der Waals surface area contributed by atoms with E-state index in [2.05, 4.69) is 50.0 Å². The SMILES string of the molecule is Cc1c(C(=O)OC(C)C)[nH]c2c1C(=O)CC(c1ccc(C(C)(C)C)cc1)C2. The van der Waals surface area contributed by atoms with E-state index in [-0.39, 0.29) is 23.2 Å². The summed E-state index contributed by atoms with van der Waals surface area (Å²) >= 11 is 0. The van der Waals surface area contributed by atoms with E-state index < -0.39 is 5.97 Å². The van der Waals surface area contributed by atoms with Gasteiger partial charge in [-0.1, -0.05) is 45.0 Å². The summed E-state index contributed by atoms with van der Waals surface area (Å²) in [5.74, 6) is -0.166. The molecule has 0 saturated heterocycles. The predicted molar refractivity (Wildman–Crippen MR) is 107 cm³/mol. The first-order valence-corrected chi connectivity index (χ1v) is 9.64. The number of carbonyl (C=O) groups excluding carboxylic acids is 2. The third-order valence-corrected chi connectivity index (χ3v) is 5.28. The minimum absolute atomic E-state index is 0.0958. The minimum atomic E-state index is -0.393. The van der Waals surface area contributed by atoms with Gasteiger partial charge >= 0.3 is 5.97 Å². The molecule has 27 heavy (non-hydrogen) atoms. The highest BCUT2D eigenvalue weighted by molar-refractivity contribution is 6.03. The Morgan fingerprint density at radius 1 is 1.15 bits per heavy atom. The Hall–Kier alpha value is -2.36. The molecule has 0 radical (unpaired) electrons. The molecule has 144 valence electrons. The van der Waals surface area contributed by atoms with Crippen LogP contribution in [0.25, 0.3) is 0 Å². The number of ketones is 1. The van der Waals surface area contributed by atoms with Crippen LogP contribution in [0.1, 0.15) is 90.2 Å². The number of hydrogen-bond acceptors (Lipinski definition) is 3. The van der Waals surface area contributed by atoms with Crippen molar-refractivity contribution in [2.75, 3.05) is 0 Å². The van der Waals surface area contributed by atoms with Crippen LogP contribution < -0.4 is 0 Å². The molecule has 0 amide bonds. The van der Waals surface area contributed by atoms with Crippen molar-refractivity contribution in [1.82, 2.24) is 4.98 Å². The van der Waals surface area contributed by atoms with Crippen molar-refractivity contribution in [3.63, 3.8) is 0 Å². The van der Waals surface area contributed by atoms with Crippen molar-refractivity contribution < 1.29 is 14.3 Å². The molecule has 0 saturated carbocycles. The molecule has 0 bridgehead atoms. The number of hydrogen-bond donors (Lipinski definition) is 1. The van der Waals surface area contributed by atoms with E-state index in [4.69, 9.17) is 4.74 Å². The third-order valence-electron chi connectivity index (χ3n) is 5.28. The number of nitrogens with one attached hydrogen (secondary N) is 1. The van der Waals surface area contributed by atoms with Crippen LogP contribution in [-0.2, 0) is 16.6 Å². The second kappa shape index (κ2) is 6.99. The summed E-state index contributed by atoms with van der Waals surface area (Å²) in [6, 6.07) is 8.57. The predicted octanol–water partition coefficient (Wildman–Crippen LogP) is 5.10. The first kappa shape index (κ1) is 19.4. The summed E-state index contributed by atoms with van der Waals surface area (Å²) in [7, 11) is 0. The maximum absolute atomic E-state index is 12.8. The van der Waals surface area contributed by atoms with Gasteiger partial charge in [0.15, 0.2) is 5.78 Å². The Bertz CT molecular complexity index is 866. The first-order valence-electron chi connectivity index (χ1n) is 9.64. The second-order valence-corrected chi connectivity index (χ2v) is 8.83. The molecule has 2 aromatic rings. The van der Waals surface area contributed by atoms with Crippen molar-refractivity contribution in [2.24, 2.45) is 0 Å². The van der Waals surface area contributed by atoms with Gasteiger partial charge in [0.2, 0.25) is 0 Å². The van der Waals surface area contributed by atoms with Crippen LogP contribution >= 0.6 is 0 Å². The Morgan fingerprint density at radius 2 is 1.78 bits per heavy atom. The van der Waals surface area contributed by atoms with Gasteiger partial charge in [0, 0.05) is 17.7 Å². The van der Waals surface area contributed by atoms with E-state index in [1.807, 2.05) is 20.8 Å². The van der Waals surface area contributed by atoms with Crippen LogP contribution in [0.2, 0.25) is 0 Å². The van der Waals surface area contributed by atoms with E-state index in [9.17, 15) is 9.59 Å². The van der Waals surface area contributed by atoms with Crippen molar-refractivity contribution >= 4 is 11.8 Å². The number of carbonyl (C=O) groups is 2. The molecule has 0 spiro atoms. The van der Waals surface area contributed by atoms with Gasteiger partial charge < -0.3 is 9.72 Å². The zero-order valence-electron chi connectivity index (χ0n) is 17.1. The lowest BCUT2D eigenvalue weighted by molar-refractivity contribution is 0.0370. The van der Waals surface area contributed by atoms with Crippen molar-refractivity contribution in [2.45, 2.75) is 71.8 Å². The summed E-state index contributed by atoms with van der Waals surface area (Å²) in [6.07, 6.45) is 1.01. The fourth-order valence-corrected chi connectivity index (χ4v) is 3.80. The number of esters is 1. The number of aromatic nitrogens is 1. The van der Waals surface area contributed by atoms with E-state index in [0.29, 0.717) is 23.2 Å². The zero-order chi connectivity index (χ0) is 19.9. The molecule has 1 atom stereocenters. The van der Waals surface area contributed by atoms with E-state index in [1.165, 1.54) is 11.1 Å². The third kappa shape index (κ3) is 3.85. The largest absolute Gasteiger partial charge is 0.458 e. The smallest absolute Gasteiger partial charge is 0.355 e. The van der Waals surface area contributed by atoms with Gasteiger partial charge in [-0.3, -0.25) is 4.79 Å². The number of fused-ring (bicyclic) bond motifs is 1. The van der Waals surface area contributed by atoms with Crippen LogP contribution in [0.4, 0.5) is 0 Å². The highest BCUT2D eigenvalue weighted by Gasteiger charge is 2.32. The van der Waals surface area contributed by atoms with Gasteiger partial charge in [0.25, 0.3) is 0 Å². The molecule has 1 aliphatic rings. The molecule has 1 unspecified atom stereocenters. The highest BCUT2D eigenvalue weighted by Crippen LogP contribution is 2.36. The van der Waals surface area contributed by atoms with Gasteiger partial charge in [0.05, 0.1) is 6.10 Å². The lowest BCUT2D eigenvalue weighted by Gasteiger charge is -2.24. The van der Waals surface area contributed by atoms with E-state index in [0.717, 1.165) is 12.1 Å². The second-order valence-electron chi connectivity index (χ2n) is 8.83. The van der Waals surface area contributed by atoms with Crippen molar-refractivity contribution in [3.8, 4) is 0 Å². The zero-order valence-corrected chi connectivity index (χ0v) is 17.1. The fourth-order valence-electron chi connectivity index (χ4n) is 3.80. The van der Waals surface area contributed by atoms with Crippen LogP contribution in [0.3, 0.4) is 0 Å². The monoisotopic (exact) mass is 367 g/mol. The Labute approximate surface area is 161 Å². The minimum Gasteiger partial charge on any atom is -0.458 e. The number of aromatic amines is 1. The maximum Gasteiger partial charge on any atom is 0.355 e. The first-order chi connectivity index (χ1) is 12.6. The molecular formula is C23H29NO3. The van der Waals surface area contributed by atoms with Gasteiger partial charge in [-0.05, 0) is 55.2 Å². The molecule has 1 heterocycles. The van der Waals surface area contributed by atoms with Crippen LogP contribution in [0.15, 0.2) is 24.3 Å². The standard InChI is InChI=1S/C23H29NO3/c1-13(2)27-22(26)21-14(3)20-18(24-21)11-16(12-19(20)25)15-7-9-17(10-8-15)23(4,5)6/h7-10,13,16,24H,11-12H2,1-6H3. The highest BCUT2D eigenvalue weighted by atomic mass is 16.5. The van der Waals surface area contributed by atoms with Gasteiger partial charge in [-0.25, -0.2) is 4.79 Å². The molecule has 3 rings (SSSR count). The molecule has 0 fully saturated rings. The summed E-state index contributed by atoms with van der Waals surface area (Å²) in [5, 5.41) is 0. The molecule has 1 aliphatic carbocycles. The summed E-state index contributed by atoms with van der Waals surface area (Å²) in [6.45, 7) is 12.0. The van der Waals surface area contributed by atoms with Crippen molar-refractivity contribution in [1.29, 1.82) is 0 Å². The molecule has 1 N–H and O–H groups in total. The normalized spacial score (nSPS) is 17.1. The number of rotatable bonds is 3. The Kier molecular flexibility index (Phi) is 5.02. The van der Waals surface area contributed by atoms with Crippen LogP contribution in [0, 0.1) is 6.92 Å². The quantitative estimate of drug-likeness (QED) is 0.768. The number of Topliss-reactive ketones (excluding diaryl/α,β-unsaturated/α-hetero) is 1. The number of ether oxygens (including phenoxy) is 1. The van der Waals surface area contributed by atoms with Crippen LogP contribution in [-0.4, -0.2) is 22.8 Å². The number of benzene rings is 1. The molecule has 4 heteroatoms. The Balaban J connectivity index is 1.88. The fraction of sp³-hybridized carbons (Fsp3) is 0.478.